The van der Waals surface area contributed by atoms with E-state index in [1.807, 2.05) is 36.5 Å². The van der Waals surface area contributed by atoms with Crippen molar-refractivity contribution in [1.82, 2.24) is 9.97 Å². The first kappa shape index (κ1) is 11.0. The first-order valence-corrected chi connectivity index (χ1v) is 5.87. The zero-order valence-electron chi connectivity index (χ0n) is 9.47. The highest BCUT2D eigenvalue weighted by Gasteiger charge is 2.08. The Hall–Kier alpha value is -2.13. The summed E-state index contributed by atoms with van der Waals surface area (Å²) in [6.07, 6.45) is 5.15. The van der Waals surface area contributed by atoms with Crippen molar-refractivity contribution < 1.29 is 0 Å². The number of hydrogen-bond donors (Lipinski definition) is 1. The summed E-state index contributed by atoms with van der Waals surface area (Å²) >= 11 is 5.98. The number of rotatable bonds is 1. The van der Waals surface area contributed by atoms with Gasteiger partial charge in [-0.2, -0.15) is 0 Å². The third kappa shape index (κ3) is 1.79. The van der Waals surface area contributed by atoms with Gasteiger partial charge in [0.1, 0.15) is 5.82 Å². The minimum absolute atomic E-state index is 0.456. The molecule has 0 unspecified atom stereocenters. The van der Waals surface area contributed by atoms with Gasteiger partial charge in [0.25, 0.3) is 0 Å². The van der Waals surface area contributed by atoms with Crippen LogP contribution in [-0.2, 0) is 0 Å². The fourth-order valence-corrected chi connectivity index (χ4v) is 2.15. The topological polar surface area (TPSA) is 51.8 Å². The highest BCUT2D eigenvalue weighted by Crippen LogP contribution is 2.31. The fraction of sp³-hybridized carbons (Fsp3) is 0. The molecule has 0 saturated heterocycles. The number of anilines is 1. The first-order chi connectivity index (χ1) is 8.75. The largest absolute Gasteiger partial charge is 0.383 e. The monoisotopic (exact) mass is 255 g/mol. The lowest BCUT2D eigenvalue weighted by Crippen LogP contribution is -1.94. The molecule has 18 heavy (non-hydrogen) atoms. The van der Waals surface area contributed by atoms with E-state index in [4.69, 9.17) is 17.3 Å². The van der Waals surface area contributed by atoms with Crippen LogP contribution in [0.2, 0.25) is 5.02 Å². The van der Waals surface area contributed by atoms with Gasteiger partial charge in [-0.25, -0.2) is 4.98 Å². The lowest BCUT2D eigenvalue weighted by Gasteiger charge is -2.08. The van der Waals surface area contributed by atoms with Crippen LogP contribution in [0.1, 0.15) is 0 Å². The molecule has 1 aromatic carbocycles. The second-order valence-electron chi connectivity index (χ2n) is 3.99. The molecule has 0 aliphatic carbocycles. The molecule has 0 atom stereocenters. The summed E-state index contributed by atoms with van der Waals surface area (Å²) in [6.45, 7) is 0. The van der Waals surface area contributed by atoms with Crippen molar-refractivity contribution in [3.8, 4) is 11.1 Å². The van der Waals surface area contributed by atoms with Gasteiger partial charge < -0.3 is 5.73 Å². The van der Waals surface area contributed by atoms with Crippen molar-refractivity contribution in [3.05, 3.63) is 53.9 Å². The molecule has 0 amide bonds. The van der Waals surface area contributed by atoms with Crippen LogP contribution in [0.3, 0.4) is 0 Å². The number of halogens is 1. The van der Waals surface area contributed by atoms with E-state index in [1.165, 1.54) is 0 Å². The summed E-state index contributed by atoms with van der Waals surface area (Å²) in [7, 11) is 0. The molecule has 3 aromatic rings. The number of nitrogen functional groups attached to an aromatic ring is 1. The lowest BCUT2D eigenvalue weighted by atomic mass is 10.0. The van der Waals surface area contributed by atoms with Crippen LogP contribution in [0.4, 0.5) is 5.82 Å². The maximum absolute atomic E-state index is 5.98. The van der Waals surface area contributed by atoms with Crippen LogP contribution in [0, 0.1) is 0 Å². The standard InChI is InChI=1S/C14H10ClN3/c15-10-5-12(14(16)18-7-10)13-8-17-6-9-3-1-2-4-11(9)13/h1-8H,(H2,16,18). The fourth-order valence-electron chi connectivity index (χ4n) is 2.00. The summed E-state index contributed by atoms with van der Waals surface area (Å²) < 4.78 is 0. The Kier molecular flexibility index (Phi) is 2.61. The average molecular weight is 256 g/mol. The molecular formula is C14H10ClN3. The number of nitrogens with zero attached hydrogens (tertiary/aromatic N) is 2. The molecule has 2 aromatic heterocycles. The Balaban J connectivity index is 2.35. The maximum atomic E-state index is 5.98. The third-order valence-electron chi connectivity index (χ3n) is 2.84. The zero-order chi connectivity index (χ0) is 12.5. The van der Waals surface area contributed by atoms with Gasteiger partial charge in [-0.15, -0.1) is 0 Å². The van der Waals surface area contributed by atoms with Crippen LogP contribution in [0.5, 0.6) is 0 Å². The van der Waals surface area contributed by atoms with Gasteiger partial charge in [0.2, 0.25) is 0 Å². The third-order valence-corrected chi connectivity index (χ3v) is 3.05. The van der Waals surface area contributed by atoms with Crippen LogP contribution in [0.25, 0.3) is 21.9 Å². The molecule has 3 rings (SSSR count). The van der Waals surface area contributed by atoms with E-state index < -0.39 is 0 Å². The van der Waals surface area contributed by atoms with E-state index in [-0.39, 0.29) is 0 Å². The number of nitrogens with two attached hydrogens (primary N) is 1. The summed E-state index contributed by atoms with van der Waals surface area (Å²) in [5.41, 5.74) is 7.67. The lowest BCUT2D eigenvalue weighted by molar-refractivity contribution is 1.32. The Morgan fingerprint density at radius 2 is 1.83 bits per heavy atom. The number of hydrogen-bond acceptors (Lipinski definition) is 3. The molecule has 2 N–H and O–H groups in total. The van der Waals surface area contributed by atoms with E-state index in [0.29, 0.717) is 10.8 Å². The van der Waals surface area contributed by atoms with E-state index >= 15 is 0 Å². The maximum Gasteiger partial charge on any atom is 0.131 e. The zero-order valence-corrected chi connectivity index (χ0v) is 10.2. The van der Waals surface area contributed by atoms with Crippen molar-refractivity contribution in [2.24, 2.45) is 0 Å². The second-order valence-corrected chi connectivity index (χ2v) is 4.43. The van der Waals surface area contributed by atoms with Gasteiger partial charge >= 0.3 is 0 Å². The van der Waals surface area contributed by atoms with Gasteiger partial charge in [0.05, 0.1) is 5.02 Å². The van der Waals surface area contributed by atoms with Crippen molar-refractivity contribution in [1.29, 1.82) is 0 Å². The van der Waals surface area contributed by atoms with Crippen LogP contribution >= 0.6 is 11.6 Å². The highest BCUT2D eigenvalue weighted by atomic mass is 35.5. The van der Waals surface area contributed by atoms with Crippen LogP contribution < -0.4 is 5.73 Å². The van der Waals surface area contributed by atoms with Gasteiger partial charge in [-0.3, -0.25) is 4.98 Å². The minimum Gasteiger partial charge on any atom is -0.383 e. The Bertz CT molecular complexity index is 720. The molecule has 3 nitrogen and oxygen atoms in total. The number of benzene rings is 1. The molecular weight excluding hydrogens is 246 g/mol. The smallest absolute Gasteiger partial charge is 0.131 e. The summed E-state index contributed by atoms with van der Waals surface area (Å²) in [5, 5.41) is 2.71. The van der Waals surface area contributed by atoms with E-state index in [2.05, 4.69) is 9.97 Å². The summed E-state index contributed by atoms with van der Waals surface area (Å²) in [6, 6.07) is 9.83. The Labute approximate surface area is 109 Å². The normalized spacial score (nSPS) is 10.7. The number of fused-ring (bicyclic) bond motifs is 1. The van der Waals surface area contributed by atoms with Gasteiger partial charge in [-0.05, 0) is 11.5 Å². The quantitative estimate of drug-likeness (QED) is 0.724. The number of pyridine rings is 2. The highest BCUT2D eigenvalue weighted by molar-refractivity contribution is 6.30. The predicted molar refractivity (Wildman–Crippen MR) is 74.4 cm³/mol. The first-order valence-electron chi connectivity index (χ1n) is 5.50. The molecule has 88 valence electrons. The molecule has 0 saturated carbocycles. The summed E-state index contributed by atoms with van der Waals surface area (Å²) in [4.78, 5) is 8.31. The van der Waals surface area contributed by atoms with E-state index in [1.54, 1.807) is 12.4 Å². The Morgan fingerprint density at radius 3 is 2.72 bits per heavy atom. The Morgan fingerprint density at radius 1 is 1.00 bits per heavy atom. The molecule has 2 heterocycles. The van der Waals surface area contributed by atoms with Crippen molar-refractivity contribution in [3.63, 3.8) is 0 Å². The molecule has 0 radical (unpaired) electrons. The molecule has 0 aliphatic heterocycles. The summed E-state index contributed by atoms with van der Waals surface area (Å²) in [5.74, 6) is 0.456. The average Bonchev–Trinajstić information content (AvgIpc) is 2.41. The van der Waals surface area contributed by atoms with Crippen LogP contribution in [-0.4, -0.2) is 9.97 Å². The van der Waals surface area contributed by atoms with Gasteiger partial charge in [0.15, 0.2) is 0 Å². The van der Waals surface area contributed by atoms with Crippen molar-refractivity contribution in [2.75, 3.05) is 5.73 Å². The van der Waals surface area contributed by atoms with Crippen molar-refractivity contribution >= 4 is 28.2 Å². The predicted octanol–water partition coefficient (Wildman–Crippen LogP) is 3.53. The van der Waals surface area contributed by atoms with Crippen molar-refractivity contribution in [2.45, 2.75) is 0 Å². The van der Waals surface area contributed by atoms with E-state index in [0.717, 1.165) is 21.9 Å². The minimum atomic E-state index is 0.456. The van der Waals surface area contributed by atoms with Crippen LogP contribution in [0.15, 0.2) is 48.9 Å². The van der Waals surface area contributed by atoms with E-state index in [9.17, 15) is 0 Å². The molecule has 4 heteroatoms. The molecule has 0 fully saturated rings. The molecule has 0 aliphatic rings. The number of aromatic nitrogens is 2. The van der Waals surface area contributed by atoms with Gasteiger partial charge in [-0.1, -0.05) is 35.9 Å². The second kappa shape index (κ2) is 4.27. The van der Waals surface area contributed by atoms with Gasteiger partial charge in [0, 0.05) is 35.1 Å². The SMILES string of the molecule is Nc1ncc(Cl)cc1-c1cncc2ccccc12. The molecule has 0 spiro atoms. The molecule has 0 bridgehead atoms.